The Kier molecular flexibility index (Phi) is 6.14. The molecule has 0 aromatic carbocycles. The number of carbonyl (C=O) groups is 1. The van der Waals surface area contributed by atoms with E-state index in [1.54, 1.807) is 17.2 Å². The van der Waals surface area contributed by atoms with E-state index in [0.29, 0.717) is 43.4 Å². The van der Waals surface area contributed by atoms with Crippen LogP contribution in [-0.4, -0.2) is 82.6 Å². The molecule has 0 radical (unpaired) electrons. The maximum Gasteiger partial charge on any atom is 0.258 e. The van der Waals surface area contributed by atoms with E-state index >= 15 is 0 Å². The van der Waals surface area contributed by atoms with E-state index in [4.69, 9.17) is 0 Å². The summed E-state index contributed by atoms with van der Waals surface area (Å²) in [5.74, 6) is -0.244. The zero-order valence-corrected chi connectivity index (χ0v) is 18.5. The number of likely N-dealkylation sites (N-methyl/N-ethyl adjacent to an activating group) is 1. The van der Waals surface area contributed by atoms with E-state index < -0.39 is 10.0 Å². The molecule has 31 heavy (non-hydrogen) atoms. The fraction of sp³-hybridized carbons (Fsp3) is 0.368. The SMILES string of the molecule is CN(CC(=O)N1CCN(Cc2cc(=O)n3ccsc3n2)CC1)S(=O)(=O)c1cccnc1. The zero-order valence-electron chi connectivity index (χ0n) is 16.9. The van der Waals surface area contributed by atoms with Crippen LogP contribution in [0, 0.1) is 0 Å². The minimum absolute atomic E-state index is 0.0567. The summed E-state index contributed by atoms with van der Waals surface area (Å²) in [5.41, 5.74) is 0.599. The molecule has 0 saturated carbocycles. The number of aromatic nitrogens is 3. The van der Waals surface area contributed by atoms with Crippen LogP contribution in [0.4, 0.5) is 0 Å². The van der Waals surface area contributed by atoms with Crippen LogP contribution in [0.1, 0.15) is 5.69 Å². The summed E-state index contributed by atoms with van der Waals surface area (Å²) in [6.45, 7) is 2.51. The number of fused-ring (bicyclic) bond motifs is 1. The molecule has 1 aliphatic heterocycles. The molecule has 0 unspecified atom stereocenters. The number of hydrogen-bond acceptors (Lipinski definition) is 8. The van der Waals surface area contributed by atoms with Crippen LogP contribution in [-0.2, 0) is 21.4 Å². The average Bonchev–Trinajstić information content (AvgIpc) is 3.24. The first-order valence-corrected chi connectivity index (χ1v) is 12.0. The third-order valence-electron chi connectivity index (χ3n) is 5.17. The van der Waals surface area contributed by atoms with Gasteiger partial charge in [-0.25, -0.2) is 13.4 Å². The molecule has 164 valence electrons. The van der Waals surface area contributed by atoms with Crippen molar-refractivity contribution in [3.05, 3.63) is 58.2 Å². The first kappa shape index (κ1) is 21.6. The van der Waals surface area contributed by atoms with Gasteiger partial charge in [0.2, 0.25) is 15.9 Å². The number of amides is 1. The van der Waals surface area contributed by atoms with Crippen molar-refractivity contribution in [2.24, 2.45) is 0 Å². The summed E-state index contributed by atoms with van der Waals surface area (Å²) in [6.07, 6.45) is 4.46. The molecular formula is C19H22N6O4S2. The topological polar surface area (TPSA) is 108 Å². The van der Waals surface area contributed by atoms with E-state index in [1.165, 1.54) is 47.3 Å². The molecule has 4 rings (SSSR count). The second-order valence-corrected chi connectivity index (χ2v) is 10.2. The van der Waals surface area contributed by atoms with Crippen molar-refractivity contribution in [2.45, 2.75) is 11.4 Å². The molecule has 3 aromatic heterocycles. The molecule has 0 aliphatic carbocycles. The zero-order chi connectivity index (χ0) is 22.0. The highest BCUT2D eigenvalue weighted by molar-refractivity contribution is 7.89. The Morgan fingerprint density at radius 1 is 1.26 bits per heavy atom. The summed E-state index contributed by atoms with van der Waals surface area (Å²) in [5, 5.41) is 1.82. The maximum atomic E-state index is 12.6. The van der Waals surface area contributed by atoms with E-state index in [9.17, 15) is 18.0 Å². The minimum Gasteiger partial charge on any atom is -0.339 e. The van der Waals surface area contributed by atoms with Crippen molar-refractivity contribution in [3.63, 3.8) is 0 Å². The molecule has 4 heterocycles. The summed E-state index contributed by atoms with van der Waals surface area (Å²) < 4.78 is 27.7. The van der Waals surface area contributed by atoms with Crippen molar-refractivity contribution in [1.82, 2.24) is 28.5 Å². The van der Waals surface area contributed by atoms with Gasteiger partial charge in [0.05, 0.1) is 12.2 Å². The van der Waals surface area contributed by atoms with Gasteiger partial charge in [0, 0.05) is 69.8 Å². The molecule has 0 spiro atoms. The van der Waals surface area contributed by atoms with Gasteiger partial charge in [0.15, 0.2) is 4.96 Å². The largest absolute Gasteiger partial charge is 0.339 e. The normalized spacial score (nSPS) is 15.6. The van der Waals surface area contributed by atoms with E-state index in [2.05, 4.69) is 14.9 Å². The first-order valence-electron chi connectivity index (χ1n) is 9.67. The monoisotopic (exact) mass is 462 g/mol. The molecule has 12 heteroatoms. The number of rotatable bonds is 6. The summed E-state index contributed by atoms with van der Waals surface area (Å²) in [6, 6.07) is 4.53. The number of thiazole rings is 1. The number of nitrogens with zero attached hydrogens (tertiary/aromatic N) is 6. The molecule has 1 aliphatic rings. The fourth-order valence-electron chi connectivity index (χ4n) is 3.41. The van der Waals surface area contributed by atoms with Crippen LogP contribution < -0.4 is 5.56 Å². The van der Waals surface area contributed by atoms with Crippen LogP contribution in [0.15, 0.2) is 51.9 Å². The maximum absolute atomic E-state index is 12.6. The lowest BCUT2D eigenvalue weighted by molar-refractivity contribution is -0.133. The highest BCUT2D eigenvalue weighted by atomic mass is 32.2. The van der Waals surface area contributed by atoms with Crippen molar-refractivity contribution in [3.8, 4) is 0 Å². The predicted molar refractivity (Wildman–Crippen MR) is 115 cm³/mol. The van der Waals surface area contributed by atoms with E-state index in [-0.39, 0.29) is 22.9 Å². The number of piperazine rings is 1. The van der Waals surface area contributed by atoms with Gasteiger partial charge in [-0.2, -0.15) is 4.31 Å². The Balaban J connectivity index is 1.33. The third-order valence-corrected chi connectivity index (χ3v) is 7.71. The Bertz CT molecular complexity index is 1230. The van der Waals surface area contributed by atoms with E-state index in [0.717, 1.165) is 4.31 Å². The predicted octanol–water partition coefficient (Wildman–Crippen LogP) is 0.116. The van der Waals surface area contributed by atoms with Crippen LogP contribution in [0.25, 0.3) is 4.96 Å². The minimum atomic E-state index is -3.77. The highest BCUT2D eigenvalue weighted by Gasteiger charge is 2.27. The molecule has 1 saturated heterocycles. The lowest BCUT2D eigenvalue weighted by atomic mass is 10.2. The van der Waals surface area contributed by atoms with Crippen molar-refractivity contribution < 1.29 is 13.2 Å². The van der Waals surface area contributed by atoms with Gasteiger partial charge in [0.1, 0.15) is 4.90 Å². The summed E-state index contributed by atoms with van der Waals surface area (Å²) in [7, 11) is -2.38. The number of sulfonamides is 1. The Morgan fingerprint density at radius 3 is 2.74 bits per heavy atom. The molecule has 10 nitrogen and oxygen atoms in total. The van der Waals surface area contributed by atoms with Crippen molar-refractivity contribution in [2.75, 3.05) is 39.8 Å². The van der Waals surface area contributed by atoms with Crippen molar-refractivity contribution >= 4 is 32.2 Å². The molecule has 0 N–H and O–H groups in total. The van der Waals surface area contributed by atoms with Crippen LogP contribution in [0.3, 0.4) is 0 Å². The van der Waals surface area contributed by atoms with Crippen molar-refractivity contribution in [1.29, 1.82) is 0 Å². The third kappa shape index (κ3) is 4.66. The highest BCUT2D eigenvalue weighted by Crippen LogP contribution is 2.14. The number of pyridine rings is 1. The molecule has 0 bridgehead atoms. The molecular weight excluding hydrogens is 440 g/mol. The lowest BCUT2D eigenvalue weighted by Crippen LogP contribution is -2.51. The van der Waals surface area contributed by atoms with Gasteiger partial charge in [-0.1, -0.05) is 0 Å². The Hall–Kier alpha value is -2.67. The van der Waals surface area contributed by atoms with Gasteiger partial charge in [0.25, 0.3) is 5.56 Å². The van der Waals surface area contributed by atoms with Crippen LogP contribution in [0.2, 0.25) is 0 Å². The Morgan fingerprint density at radius 2 is 2.03 bits per heavy atom. The smallest absolute Gasteiger partial charge is 0.258 e. The Labute approximate surface area is 183 Å². The van der Waals surface area contributed by atoms with Gasteiger partial charge in [-0.15, -0.1) is 11.3 Å². The second kappa shape index (κ2) is 8.83. The summed E-state index contributed by atoms with van der Waals surface area (Å²) in [4.78, 5) is 37.6. The van der Waals surface area contributed by atoms with E-state index in [1.807, 2.05) is 5.38 Å². The number of carbonyl (C=O) groups excluding carboxylic acids is 1. The van der Waals surface area contributed by atoms with Gasteiger partial charge in [-0.05, 0) is 12.1 Å². The van der Waals surface area contributed by atoms with Crippen LogP contribution in [0.5, 0.6) is 0 Å². The average molecular weight is 463 g/mol. The van der Waals surface area contributed by atoms with Gasteiger partial charge < -0.3 is 4.90 Å². The van der Waals surface area contributed by atoms with Crippen LogP contribution >= 0.6 is 11.3 Å². The summed E-state index contributed by atoms with van der Waals surface area (Å²) >= 11 is 1.41. The lowest BCUT2D eigenvalue weighted by Gasteiger charge is -2.35. The second-order valence-electron chi connectivity index (χ2n) is 7.25. The first-order chi connectivity index (χ1) is 14.8. The standard InChI is InChI=1S/C19H22N6O4S2/c1-22(31(28,29)16-3-2-4-20-12-16)14-18(27)24-7-5-23(6-8-24)13-15-11-17(26)25-9-10-30-19(25)21-15/h2-4,9-12H,5-8,13-14H2,1H3. The molecule has 1 amide bonds. The van der Waals surface area contributed by atoms with Gasteiger partial charge >= 0.3 is 0 Å². The molecule has 0 atom stereocenters. The quantitative estimate of drug-likeness (QED) is 0.512. The number of hydrogen-bond donors (Lipinski definition) is 0. The molecule has 3 aromatic rings. The van der Waals surface area contributed by atoms with Gasteiger partial charge in [-0.3, -0.25) is 23.9 Å². The molecule has 1 fully saturated rings. The fourth-order valence-corrected chi connectivity index (χ4v) is 5.23.